The maximum Gasteiger partial charge on any atom is 0.380 e. The molecule has 0 saturated heterocycles. The lowest BCUT2D eigenvalue weighted by molar-refractivity contribution is 0.0692. The Bertz CT molecular complexity index is 715. The first kappa shape index (κ1) is 15.1. The van der Waals surface area contributed by atoms with E-state index in [1.165, 1.54) is 12.1 Å². The molecular weight excluding hydrogens is 338 g/mol. The van der Waals surface area contributed by atoms with E-state index in [4.69, 9.17) is 19.2 Å². The van der Waals surface area contributed by atoms with Crippen LogP contribution in [0.2, 0.25) is 0 Å². The number of carbonyl (C=O) groups is 1. The van der Waals surface area contributed by atoms with Gasteiger partial charge in [0.25, 0.3) is 0 Å². The number of ether oxygens (including phenoxy) is 2. The molecule has 0 fully saturated rings. The highest BCUT2D eigenvalue weighted by molar-refractivity contribution is 9.10. The number of nitriles is 1. The molecule has 0 aliphatic rings. The summed E-state index contributed by atoms with van der Waals surface area (Å²) in [6.07, 6.45) is 0. The molecule has 21 heavy (non-hydrogen) atoms. The summed E-state index contributed by atoms with van der Waals surface area (Å²) in [6.45, 7) is 3.94. The van der Waals surface area contributed by atoms with Crippen molar-refractivity contribution in [3.05, 3.63) is 45.8 Å². The topological polar surface area (TPSA) is 72.5 Å². The second kappa shape index (κ2) is 6.46. The molecular formula is C15H12BrNO4. The number of carbonyl (C=O) groups excluding carboxylic acids is 1. The molecule has 5 nitrogen and oxygen atoms in total. The minimum Gasteiger partial charge on any atom is -0.490 e. The fourth-order valence-corrected chi connectivity index (χ4v) is 2.23. The molecule has 0 atom stereocenters. The molecule has 1 aromatic carbocycles. The Balaban J connectivity index is 2.28. The number of rotatable bonds is 4. The van der Waals surface area contributed by atoms with Crippen LogP contribution in [0.4, 0.5) is 0 Å². The van der Waals surface area contributed by atoms with E-state index < -0.39 is 5.97 Å². The highest BCUT2D eigenvalue weighted by Gasteiger charge is 2.19. The third-order valence-electron chi connectivity index (χ3n) is 2.65. The SMILES string of the molecule is CCOc1cc(C#N)ccc1OC(=O)c1oc(Br)cc1C. The minimum absolute atomic E-state index is 0.119. The Hall–Kier alpha value is -2.26. The maximum absolute atomic E-state index is 12.1. The number of esters is 1. The van der Waals surface area contributed by atoms with Crippen molar-refractivity contribution in [1.29, 1.82) is 5.26 Å². The molecule has 0 bridgehead atoms. The van der Waals surface area contributed by atoms with Gasteiger partial charge in [0.2, 0.25) is 5.76 Å². The lowest BCUT2D eigenvalue weighted by atomic mass is 10.2. The van der Waals surface area contributed by atoms with Crippen molar-refractivity contribution in [3.8, 4) is 17.6 Å². The molecule has 2 rings (SSSR count). The summed E-state index contributed by atoms with van der Waals surface area (Å²) in [5.74, 6) is 0.0819. The van der Waals surface area contributed by atoms with Crippen LogP contribution in [0, 0.1) is 18.3 Å². The van der Waals surface area contributed by atoms with Gasteiger partial charge in [0, 0.05) is 11.6 Å². The fourth-order valence-electron chi connectivity index (χ4n) is 1.72. The Labute approximate surface area is 130 Å². The zero-order valence-electron chi connectivity index (χ0n) is 11.5. The first-order chi connectivity index (χ1) is 10.0. The van der Waals surface area contributed by atoms with Gasteiger partial charge >= 0.3 is 5.97 Å². The van der Waals surface area contributed by atoms with Crippen LogP contribution in [0.15, 0.2) is 33.4 Å². The number of aryl methyl sites for hydroxylation is 1. The van der Waals surface area contributed by atoms with E-state index >= 15 is 0 Å². The van der Waals surface area contributed by atoms with Gasteiger partial charge in [-0.3, -0.25) is 0 Å². The van der Waals surface area contributed by atoms with Crippen molar-refractivity contribution in [2.24, 2.45) is 0 Å². The first-order valence-electron chi connectivity index (χ1n) is 6.20. The molecule has 1 heterocycles. The normalized spacial score (nSPS) is 10.0. The number of hydrogen-bond acceptors (Lipinski definition) is 5. The van der Waals surface area contributed by atoms with Gasteiger partial charge in [-0.1, -0.05) is 0 Å². The molecule has 0 amide bonds. The van der Waals surface area contributed by atoms with Crippen molar-refractivity contribution >= 4 is 21.9 Å². The number of furan rings is 1. The highest BCUT2D eigenvalue weighted by atomic mass is 79.9. The summed E-state index contributed by atoms with van der Waals surface area (Å²) in [5.41, 5.74) is 1.09. The second-order valence-electron chi connectivity index (χ2n) is 4.16. The van der Waals surface area contributed by atoms with Crippen molar-refractivity contribution in [2.75, 3.05) is 6.61 Å². The molecule has 0 spiro atoms. The molecule has 0 N–H and O–H groups in total. The van der Waals surface area contributed by atoms with Crippen molar-refractivity contribution in [3.63, 3.8) is 0 Å². The molecule has 6 heteroatoms. The summed E-state index contributed by atoms with van der Waals surface area (Å²) < 4.78 is 16.4. The van der Waals surface area contributed by atoms with E-state index in [1.54, 1.807) is 26.0 Å². The maximum atomic E-state index is 12.1. The van der Waals surface area contributed by atoms with E-state index in [0.29, 0.717) is 28.2 Å². The quantitative estimate of drug-likeness (QED) is 0.619. The van der Waals surface area contributed by atoms with Crippen molar-refractivity contribution in [2.45, 2.75) is 13.8 Å². The summed E-state index contributed by atoms with van der Waals surface area (Å²) in [5, 5.41) is 8.89. The van der Waals surface area contributed by atoms with Gasteiger partial charge < -0.3 is 13.9 Å². The first-order valence-corrected chi connectivity index (χ1v) is 6.99. The van der Waals surface area contributed by atoms with Gasteiger partial charge in [-0.15, -0.1) is 0 Å². The van der Waals surface area contributed by atoms with Crippen LogP contribution in [0.1, 0.15) is 28.6 Å². The van der Waals surface area contributed by atoms with Crippen LogP contribution in [0.5, 0.6) is 11.5 Å². The van der Waals surface area contributed by atoms with Crippen LogP contribution in [0.25, 0.3) is 0 Å². The summed E-state index contributed by atoms with van der Waals surface area (Å²) in [4.78, 5) is 12.1. The highest BCUT2D eigenvalue weighted by Crippen LogP contribution is 2.30. The predicted molar refractivity (Wildman–Crippen MR) is 78.4 cm³/mol. The molecule has 0 aliphatic carbocycles. The van der Waals surface area contributed by atoms with E-state index in [1.807, 2.05) is 6.07 Å². The Morgan fingerprint density at radius 2 is 2.14 bits per heavy atom. The average molecular weight is 350 g/mol. The number of nitrogens with zero attached hydrogens (tertiary/aromatic N) is 1. The lowest BCUT2D eigenvalue weighted by Gasteiger charge is -2.10. The van der Waals surface area contributed by atoms with Gasteiger partial charge in [0.1, 0.15) is 0 Å². The molecule has 0 aliphatic heterocycles. The Morgan fingerprint density at radius 3 is 2.71 bits per heavy atom. The van der Waals surface area contributed by atoms with Gasteiger partial charge in [-0.25, -0.2) is 4.79 Å². The van der Waals surface area contributed by atoms with Crippen LogP contribution >= 0.6 is 15.9 Å². The largest absolute Gasteiger partial charge is 0.490 e. The van der Waals surface area contributed by atoms with E-state index in [-0.39, 0.29) is 11.5 Å². The average Bonchev–Trinajstić information content (AvgIpc) is 2.80. The standard InChI is InChI=1S/C15H12BrNO4/c1-3-19-12-7-10(8-17)4-5-11(12)20-15(18)14-9(2)6-13(16)21-14/h4-7H,3H2,1-2H3. The predicted octanol–water partition coefficient (Wildman–Crippen LogP) is 3.84. The third-order valence-corrected chi connectivity index (χ3v) is 3.04. The molecule has 0 unspecified atom stereocenters. The van der Waals surface area contributed by atoms with Gasteiger partial charge in [0.15, 0.2) is 16.2 Å². The second-order valence-corrected chi connectivity index (χ2v) is 4.94. The molecule has 1 aromatic heterocycles. The van der Waals surface area contributed by atoms with Crippen molar-refractivity contribution in [1.82, 2.24) is 0 Å². The number of halogens is 1. The van der Waals surface area contributed by atoms with Gasteiger partial charge in [-0.05, 0) is 48.0 Å². The molecule has 0 saturated carbocycles. The molecule has 108 valence electrons. The minimum atomic E-state index is -0.621. The van der Waals surface area contributed by atoms with Crippen LogP contribution in [-0.4, -0.2) is 12.6 Å². The van der Waals surface area contributed by atoms with E-state index in [0.717, 1.165) is 0 Å². The summed E-state index contributed by atoms with van der Waals surface area (Å²) >= 11 is 3.16. The Kier molecular flexibility index (Phi) is 4.66. The molecule has 2 aromatic rings. The molecule has 0 radical (unpaired) electrons. The monoisotopic (exact) mass is 349 g/mol. The van der Waals surface area contributed by atoms with Crippen LogP contribution < -0.4 is 9.47 Å². The number of hydrogen-bond donors (Lipinski definition) is 0. The third kappa shape index (κ3) is 3.44. The van der Waals surface area contributed by atoms with Crippen LogP contribution in [-0.2, 0) is 0 Å². The number of benzene rings is 1. The zero-order valence-corrected chi connectivity index (χ0v) is 13.1. The van der Waals surface area contributed by atoms with Crippen LogP contribution in [0.3, 0.4) is 0 Å². The van der Waals surface area contributed by atoms with Crippen molar-refractivity contribution < 1.29 is 18.7 Å². The summed E-state index contributed by atoms with van der Waals surface area (Å²) in [6, 6.07) is 8.28. The van der Waals surface area contributed by atoms with Gasteiger partial charge in [0.05, 0.1) is 18.2 Å². The Morgan fingerprint density at radius 1 is 1.38 bits per heavy atom. The van der Waals surface area contributed by atoms with E-state index in [9.17, 15) is 4.79 Å². The smallest absolute Gasteiger partial charge is 0.380 e. The van der Waals surface area contributed by atoms with Gasteiger partial charge in [-0.2, -0.15) is 5.26 Å². The zero-order chi connectivity index (χ0) is 15.4. The fraction of sp³-hybridized carbons (Fsp3) is 0.200. The van der Waals surface area contributed by atoms with E-state index in [2.05, 4.69) is 15.9 Å². The lowest BCUT2D eigenvalue weighted by Crippen LogP contribution is -2.10. The summed E-state index contributed by atoms with van der Waals surface area (Å²) in [7, 11) is 0.